The van der Waals surface area contributed by atoms with Crippen LogP contribution in [-0.2, 0) is 0 Å². The van der Waals surface area contributed by atoms with Gasteiger partial charge in [0.15, 0.2) is 11.8 Å². The highest BCUT2D eigenvalue weighted by atomic mass is 28.3. The molecule has 0 amide bonds. The lowest BCUT2D eigenvalue weighted by Gasteiger charge is -2.23. The molecule has 0 fully saturated rings. The minimum atomic E-state index is -1.52. The molecule has 0 radical (unpaired) electrons. The van der Waals surface area contributed by atoms with Crippen LogP contribution in [0.2, 0.25) is 19.6 Å². The molecule has 5 nitrogen and oxygen atoms in total. The van der Waals surface area contributed by atoms with Crippen molar-refractivity contribution >= 4 is 19.2 Å². The number of ether oxygens (including phenoxy) is 1. The second kappa shape index (κ2) is 4.55. The Morgan fingerprint density at radius 3 is 2.75 bits per heavy atom. The van der Waals surface area contributed by atoms with Crippen LogP contribution in [-0.4, -0.2) is 35.5 Å². The van der Waals surface area contributed by atoms with Crippen molar-refractivity contribution < 1.29 is 9.53 Å². The zero-order valence-electron chi connectivity index (χ0n) is 11.8. The van der Waals surface area contributed by atoms with Crippen LogP contribution in [0.3, 0.4) is 0 Å². The number of fused-ring (bicyclic) bond motifs is 1. The summed E-state index contributed by atoms with van der Waals surface area (Å²) < 4.78 is 7.30. The normalized spacial score (nSPS) is 18.6. The SMILES string of the molecule is C[Si](C)(C)c1cn(C2COc3ccccc3C2=O)nn1. The van der Waals surface area contributed by atoms with Crippen LogP contribution in [0, 0.1) is 0 Å². The molecule has 0 aliphatic carbocycles. The summed E-state index contributed by atoms with van der Waals surface area (Å²) in [5.41, 5.74) is 0.619. The van der Waals surface area contributed by atoms with Gasteiger partial charge in [0.2, 0.25) is 0 Å². The van der Waals surface area contributed by atoms with Crippen LogP contribution in [0.5, 0.6) is 5.75 Å². The lowest BCUT2D eigenvalue weighted by atomic mass is 10.0. The molecule has 0 N–H and O–H groups in total. The van der Waals surface area contributed by atoms with E-state index >= 15 is 0 Å². The van der Waals surface area contributed by atoms with Gasteiger partial charge in [0.1, 0.15) is 20.4 Å². The summed E-state index contributed by atoms with van der Waals surface area (Å²) >= 11 is 0. The maximum atomic E-state index is 12.5. The van der Waals surface area contributed by atoms with Gasteiger partial charge in [0, 0.05) is 6.20 Å². The van der Waals surface area contributed by atoms with E-state index < -0.39 is 14.1 Å². The first kappa shape index (κ1) is 13.0. The van der Waals surface area contributed by atoms with Crippen molar-refractivity contribution in [2.75, 3.05) is 6.61 Å². The molecule has 3 rings (SSSR count). The molecule has 1 aromatic heterocycles. The molecule has 20 heavy (non-hydrogen) atoms. The smallest absolute Gasteiger partial charge is 0.194 e. The number of hydrogen-bond donors (Lipinski definition) is 0. The van der Waals surface area contributed by atoms with Gasteiger partial charge in [0.05, 0.1) is 10.9 Å². The Hall–Kier alpha value is -1.95. The number of Topliss-reactive ketones (excluding diaryl/α,β-unsaturated/α-hetero) is 1. The van der Waals surface area contributed by atoms with E-state index in [1.165, 1.54) is 0 Å². The Labute approximate surface area is 118 Å². The molecule has 0 saturated carbocycles. The fourth-order valence-corrected chi connectivity index (χ4v) is 3.05. The largest absolute Gasteiger partial charge is 0.490 e. The molecule has 1 atom stereocenters. The molecule has 1 aromatic carbocycles. The Morgan fingerprint density at radius 2 is 2.05 bits per heavy atom. The highest BCUT2D eigenvalue weighted by Gasteiger charge is 2.32. The molecule has 2 aromatic rings. The number of benzene rings is 1. The highest BCUT2D eigenvalue weighted by molar-refractivity contribution is 6.88. The number of nitrogens with zero attached hydrogens (tertiary/aromatic N) is 3. The second-order valence-electron chi connectivity index (χ2n) is 6.02. The predicted octanol–water partition coefficient (Wildman–Crippen LogP) is 1.64. The van der Waals surface area contributed by atoms with Crippen LogP contribution >= 0.6 is 0 Å². The van der Waals surface area contributed by atoms with Crippen molar-refractivity contribution in [1.82, 2.24) is 15.0 Å². The first-order valence-electron chi connectivity index (χ1n) is 6.65. The summed E-state index contributed by atoms with van der Waals surface area (Å²) in [6, 6.07) is 6.91. The van der Waals surface area contributed by atoms with Crippen molar-refractivity contribution in [3.63, 3.8) is 0 Å². The summed E-state index contributed by atoms with van der Waals surface area (Å²) in [5, 5.41) is 9.35. The molecular formula is C14H17N3O2Si. The molecule has 0 bridgehead atoms. The van der Waals surface area contributed by atoms with Gasteiger partial charge in [-0.3, -0.25) is 4.79 Å². The van der Waals surface area contributed by atoms with Gasteiger partial charge in [-0.2, -0.15) is 0 Å². The maximum Gasteiger partial charge on any atom is 0.194 e. The Morgan fingerprint density at radius 1 is 1.30 bits per heavy atom. The highest BCUT2D eigenvalue weighted by Crippen LogP contribution is 2.28. The lowest BCUT2D eigenvalue weighted by Crippen LogP contribution is -2.39. The number of carbonyl (C=O) groups is 1. The van der Waals surface area contributed by atoms with Crippen LogP contribution in [0.1, 0.15) is 16.4 Å². The number of ketones is 1. The van der Waals surface area contributed by atoms with E-state index in [2.05, 4.69) is 30.0 Å². The van der Waals surface area contributed by atoms with E-state index in [1.807, 2.05) is 24.4 Å². The minimum absolute atomic E-state index is 0.0406. The second-order valence-corrected chi connectivity index (χ2v) is 11.0. The quantitative estimate of drug-likeness (QED) is 0.788. The fraction of sp³-hybridized carbons (Fsp3) is 0.357. The number of hydrogen-bond acceptors (Lipinski definition) is 4. The van der Waals surface area contributed by atoms with Gasteiger partial charge in [-0.15, -0.1) is 5.10 Å². The minimum Gasteiger partial charge on any atom is -0.490 e. The molecule has 6 heteroatoms. The molecular weight excluding hydrogens is 270 g/mol. The molecule has 104 valence electrons. The maximum absolute atomic E-state index is 12.5. The van der Waals surface area contributed by atoms with Crippen molar-refractivity contribution in [2.45, 2.75) is 25.7 Å². The lowest BCUT2D eigenvalue weighted by molar-refractivity contribution is 0.0826. The number of aromatic nitrogens is 3. The first-order chi connectivity index (χ1) is 9.47. The van der Waals surface area contributed by atoms with Gasteiger partial charge in [-0.05, 0) is 12.1 Å². The molecule has 0 spiro atoms. The van der Waals surface area contributed by atoms with Crippen molar-refractivity contribution in [3.05, 3.63) is 36.0 Å². The Balaban J connectivity index is 1.93. The predicted molar refractivity (Wildman–Crippen MR) is 78.3 cm³/mol. The van der Waals surface area contributed by atoms with Crippen molar-refractivity contribution in [1.29, 1.82) is 0 Å². The Bertz CT molecular complexity index is 660. The topological polar surface area (TPSA) is 57.0 Å². The van der Waals surface area contributed by atoms with E-state index in [-0.39, 0.29) is 5.78 Å². The average molecular weight is 287 g/mol. The Kier molecular flexibility index (Phi) is 2.97. The van der Waals surface area contributed by atoms with Crippen LogP contribution in [0.4, 0.5) is 0 Å². The van der Waals surface area contributed by atoms with Gasteiger partial charge >= 0.3 is 0 Å². The fourth-order valence-electron chi connectivity index (χ4n) is 2.19. The van der Waals surface area contributed by atoms with E-state index in [9.17, 15) is 4.79 Å². The zero-order chi connectivity index (χ0) is 14.3. The van der Waals surface area contributed by atoms with E-state index in [0.29, 0.717) is 17.9 Å². The third-order valence-electron chi connectivity index (χ3n) is 3.45. The number of carbonyl (C=O) groups excluding carboxylic acids is 1. The van der Waals surface area contributed by atoms with Gasteiger partial charge < -0.3 is 4.74 Å². The standard InChI is InChI=1S/C14H17N3O2Si/c1-20(2,3)13-8-17(16-15-13)11-9-19-12-7-5-4-6-10(12)14(11)18/h4-8,11H,9H2,1-3H3. The third kappa shape index (κ3) is 2.16. The van der Waals surface area contributed by atoms with E-state index in [4.69, 9.17) is 4.74 Å². The summed E-state index contributed by atoms with van der Waals surface area (Å²) in [7, 11) is -1.52. The van der Waals surface area contributed by atoms with Crippen LogP contribution in [0.25, 0.3) is 0 Å². The first-order valence-corrected chi connectivity index (χ1v) is 10.1. The van der Waals surface area contributed by atoms with E-state index in [1.54, 1.807) is 10.7 Å². The summed E-state index contributed by atoms with van der Waals surface area (Å²) in [6.07, 6.45) is 1.89. The molecule has 1 unspecified atom stereocenters. The summed E-state index contributed by atoms with van der Waals surface area (Å²) in [5.74, 6) is 0.693. The van der Waals surface area contributed by atoms with E-state index in [0.717, 1.165) is 5.32 Å². The zero-order valence-corrected chi connectivity index (χ0v) is 12.8. The van der Waals surface area contributed by atoms with Gasteiger partial charge in [0.25, 0.3) is 0 Å². The third-order valence-corrected chi connectivity index (χ3v) is 5.22. The van der Waals surface area contributed by atoms with Crippen LogP contribution < -0.4 is 10.1 Å². The number of para-hydroxylation sites is 1. The number of rotatable bonds is 2. The average Bonchev–Trinajstić information content (AvgIpc) is 2.89. The molecule has 0 saturated heterocycles. The van der Waals surface area contributed by atoms with Crippen molar-refractivity contribution in [2.24, 2.45) is 0 Å². The summed E-state index contributed by atoms with van der Waals surface area (Å²) in [4.78, 5) is 12.5. The van der Waals surface area contributed by atoms with Crippen LogP contribution in [0.15, 0.2) is 30.5 Å². The van der Waals surface area contributed by atoms with Crippen molar-refractivity contribution in [3.8, 4) is 5.75 Å². The molecule has 2 heterocycles. The summed E-state index contributed by atoms with van der Waals surface area (Å²) in [6.45, 7) is 6.92. The molecule has 1 aliphatic heterocycles. The monoisotopic (exact) mass is 287 g/mol. The van der Waals surface area contributed by atoms with Gasteiger partial charge in [-0.25, -0.2) is 4.68 Å². The molecule has 1 aliphatic rings. The van der Waals surface area contributed by atoms with Gasteiger partial charge in [-0.1, -0.05) is 37.0 Å².